The summed E-state index contributed by atoms with van der Waals surface area (Å²) in [7, 11) is 1.76. The molecule has 0 aliphatic carbocycles. The molecule has 3 rings (SSSR count). The molecule has 0 bridgehead atoms. The summed E-state index contributed by atoms with van der Waals surface area (Å²) >= 11 is 6.10. The summed E-state index contributed by atoms with van der Waals surface area (Å²) in [5.41, 5.74) is 2.92. The van der Waals surface area contributed by atoms with Crippen LogP contribution in [-0.2, 0) is 4.79 Å². The molecule has 0 saturated heterocycles. The molecule has 0 fully saturated rings. The predicted octanol–water partition coefficient (Wildman–Crippen LogP) is 3.04. The van der Waals surface area contributed by atoms with Gasteiger partial charge in [0.05, 0.1) is 11.3 Å². The lowest BCUT2D eigenvalue weighted by Crippen LogP contribution is -2.29. The molecule has 0 saturated carbocycles. The third-order valence-corrected chi connectivity index (χ3v) is 3.58. The molecule has 1 heterocycles. The summed E-state index contributed by atoms with van der Waals surface area (Å²) in [4.78, 5) is 13.5. The maximum absolute atomic E-state index is 12.6. The van der Waals surface area contributed by atoms with Crippen molar-refractivity contribution < 1.29 is 14.6 Å². The van der Waals surface area contributed by atoms with Crippen molar-refractivity contribution in [3.8, 4) is 0 Å². The quantitative estimate of drug-likeness (QED) is 0.605. The van der Waals surface area contributed by atoms with Gasteiger partial charge in [-0.1, -0.05) is 29.8 Å². The third kappa shape index (κ3) is 4.81. The number of aliphatic imine (C=N–C) groups is 1. The number of rotatable bonds is 1. The van der Waals surface area contributed by atoms with Gasteiger partial charge < -0.3 is 15.6 Å². The maximum atomic E-state index is 12.6. The molecule has 2 aromatic carbocycles. The highest BCUT2D eigenvalue weighted by molar-refractivity contribution is 6.31. The highest BCUT2D eigenvalue weighted by atomic mass is 35.5. The number of carbonyl (C=O) groups is 1. The number of nitrogens with one attached hydrogen (secondary N) is 1. The molecule has 1 aliphatic heterocycles. The van der Waals surface area contributed by atoms with Gasteiger partial charge in [-0.05, 0) is 30.3 Å². The van der Waals surface area contributed by atoms with Crippen LogP contribution < -0.4 is 5.32 Å². The number of halogens is 1. The smallest absolute Gasteiger partial charge is 0.300 e. The lowest BCUT2D eigenvalue weighted by molar-refractivity contribution is -0.439. The number of carboxylic acid groups (broad SMARTS) is 1. The van der Waals surface area contributed by atoms with Crippen molar-refractivity contribution in [2.75, 3.05) is 13.6 Å². The molecular formula is C18H18ClN3O3. The second-order valence-electron chi connectivity index (χ2n) is 5.24. The predicted molar refractivity (Wildman–Crippen MR) is 99.1 cm³/mol. The van der Waals surface area contributed by atoms with E-state index in [1.165, 1.54) is 0 Å². The van der Waals surface area contributed by atoms with E-state index < -0.39 is 5.97 Å². The van der Waals surface area contributed by atoms with Gasteiger partial charge in [-0.15, -0.1) is 0 Å². The first-order valence-corrected chi connectivity index (χ1v) is 7.92. The van der Waals surface area contributed by atoms with Crippen LogP contribution in [0.25, 0.3) is 0 Å². The van der Waals surface area contributed by atoms with E-state index in [9.17, 15) is 5.21 Å². The Kier molecular flexibility index (Phi) is 6.14. The van der Waals surface area contributed by atoms with E-state index in [0.717, 1.165) is 28.5 Å². The zero-order valence-corrected chi connectivity index (χ0v) is 14.6. The molecule has 0 amide bonds. The summed E-state index contributed by atoms with van der Waals surface area (Å²) in [5, 5.41) is 23.5. The summed E-state index contributed by atoms with van der Waals surface area (Å²) in [6.45, 7) is 1.26. The van der Waals surface area contributed by atoms with Crippen LogP contribution in [0.4, 0.5) is 5.69 Å². The number of hydrogen-bond acceptors (Lipinski definition) is 4. The van der Waals surface area contributed by atoms with Crippen molar-refractivity contribution in [2.24, 2.45) is 4.99 Å². The summed E-state index contributed by atoms with van der Waals surface area (Å²) in [5.74, 6) is -0.209. The van der Waals surface area contributed by atoms with Crippen molar-refractivity contribution in [1.82, 2.24) is 5.32 Å². The van der Waals surface area contributed by atoms with Gasteiger partial charge in [0.1, 0.15) is 0 Å². The Hall–Kier alpha value is -2.86. The van der Waals surface area contributed by atoms with E-state index >= 15 is 0 Å². The minimum Gasteiger partial charge on any atom is -0.623 e. The number of benzene rings is 2. The largest absolute Gasteiger partial charge is 0.623 e. The molecule has 0 spiro atoms. The Morgan fingerprint density at radius 3 is 2.52 bits per heavy atom. The monoisotopic (exact) mass is 359 g/mol. The van der Waals surface area contributed by atoms with E-state index in [-0.39, 0.29) is 6.54 Å². The molecule has 6 nitrogen and oxygen atoms in total. The molecule has 0 unspecified atom stereocenters. The Bertz CT molecular complexity index is 829. The first-order chi connectivity index (χ1) is 11.9. The van der Waals surface area contributed by atoms with Crippen LogP contribution in [0.1, 0.15) is 18.1 Å². The standard InChI is InChI=1S/C16H14ClN3O.C2H4O2/c1-18-15-10-20(21)16(11-5-3-2-4-6-11)13-9-12(17)7-8-14(13)19-15;1-2(3)4/h2-9H,10H2,1H3,(H,18,19);1H3,(H,3,4). The highest BCUT2D eigenvalue weighted by Gasteiger charge is 2.24. The van der Waals surface area contributed by atoms with Gasteiger partial charge in [0.15, 0.2) is 5.84 Å². The van der Waals surface area contributed by atoms with Crippen LogP contribution in [-0.4, -0.2) is 41.0 Å². The molecule has 7 heteroatoms. The molecule has 0 radical (unpaired) electrons. The molecule has 2 aromatic rings. The van der Waals surface area contributed by atoms with Crippen LogP contribution in [0.2, 0.25) is 5.02 Å². The zero-order valence-electron chi connectivity index (χ0n) is 13.9. The number of nitrogens with zero attached hydrogens (tertiary/aromatic N) is 2. The molecular weight excluding hydrogens is 342 g/mol. The van der Waals surface area contributed by atoms with Gasteiger partial charge in [0.2, 0.25) is 12.3 Å². The molecule has 1 aliphatic rings. The van der Waals surface area contributed by atoms with Gasteiger partial charge in [-0.3, -0.25) is 4.79 Å². The van der Waals surface area contributed by atoms with E-state index in [1.807, 2.05) is 36.4 Å². The first-order valence-electron chi connectivity index (χ1n) is 7.54. The van der Waals surface area contributed by atoms with Crippen molar-refractivity contribution in [3.05, 3.63) is 69.9 Å². The number of aliphatic carboxylic acids is 1. The summed E-state index contributed by atoms with van der Waals surface area (Å²) in [6.07, 6.45) is 0. The minimum atomic E-state index is -0.833. The van der Waals surface area contributed by atoms with E-state index in [4.69, 9.17) is 21.5 Å². The van der Waals surface area contributed by atoms with Crippen LogP contribution in [0, 0.1) is 5.21 Å². The lowest BCUT2D eigenvalue weighted by atomic mass is 10.0. The average Bonchev–Trinajstić information content (AvgIpc) is 2.70. The van der Waals surface area contributed by atoms with Gasteiger partial charge in [0.25, 0.3) is 5.97 Å². The second kappa shape index (κ2) is 8.30. The topological polar surface area (TPSA) is 87.8 Å². The van der Waals surface area contributed by atoms with Crippen LogP contribution in [0.15, 0.2) is 53.5 Å². The Morgan fingerprint density at radius 2 is 1.92 bits per heavy atom. The van der Waals surface area contributed by atoms with Crippen molar-refractivity contribution >= 4 is 34.8 Å². The molecule has 0 atom stereocenters. The number of fused-ring (bicyclic) bond motifs is 1. The van der Waals surface area contributed by atoms with Crippen molar-refractivity contribution in [3.63, 3.8) is 0 Å². The molecule has 2 N–H and O–H groups in total. The number of amidine groups is 1. The minimum absolute atomic E-state index is 0.174. The zero-order chi connectivity index (χ0) is 18.4. The number of likely N-dealkylation sites (N-methyl/N-ethyl adjacent to an activating group) is 1. The number of hydroxylamine groups is 1. The van der Waals surface area contributed by atoms with Crippen LogP contribution in [0.3, 0.4) is 0 Å². The normalized spacial score (nSPS) is 13.0. The molecule has 130 valence electrons. The second-order valence-corrected chi connectivity index (χ2v) is 5.68. The third-order valence-electron chi connectivity index (χ3n) is 3.35. The van der Waals surface area contributed by atoms with Gasteiger partial charge in [-0.25, -0.2) is 4.99 Å². The van der Waals surface area contributed by atoms with Crippen molar-refractivity contribution in [2.45, 2.75) is 6.92 Å². The Labute approximate surface area is 150 Å². The van der Waals surface area contributed by atoms with Gasteiger partial charge in [-0.2, -0.15) is 4.74 Å². The Balaban J connectivity index is 0.000000511. The van der Waals surface area contributed by atoms with E-state index in [2.05, 4.69) is 10.3 Å². The van der Waals surface area contributed by atoms with Crippen LogP contribution in [0.5, 0.6) is 0 Å². The summed E-state index contributed by atoms with van der Waals surface area (Å²) < 4.78 is 0.951. The van der Waals surface area contributed by atoms with Gasteiger partial charge >= 0.3 is 0 Å². The fourth-order valence-corrected chi connectivity index (χ4v) is 2.53. The first kappa shape index (κ1) is 18.5. The van der Waals surface area contributed by atoms with Crippen molar-refractivity contribution in [1.29, 1.82) is 0 Å². The number of hydrogen-bond donors (Lipinski definition) is 2. The fraction of sp³-hybridized carbons (Fsp3) is 0.167. The van der Waals surface area contributed by atoms with Crippen LogP contribution >= 0.6 is 11.6 Å². The summed E-state index contributed by atoms with van der Waals surface area (Å²) in [6, 6.07) is 15.0. The maximum Gasteiger partial charge on any atom is 0.300 e. The van der Waals surface area contributed by atoms with E-state index in [1.54, 1.807) is 19.2 Å². The Morgan fingerprint density at radius 1 is 1.28 bits per heavy atom. The SMILES string of the molecule is CC(=O)O.CNC1=Nc2ccc(Cl)cc2C(c2ccccc2)=[N+]([O-])C1. The number of carboxylic acids is 1. The molecule has 0 aromatic heterocycles. The average molecular weight is 360 g/mol. The van der Waals surface area contributed by atoms with E-state index in [0.29, 0.717) is 16.6 Å². The lowest BCUT2D eigenvalue weighted by Gasteiger charge is -2.10. The fourth-order valence-electron chi connectivity index (χ4n) is 2.36. The molecule has 25 heavy (non-hydrogen) atoms. The van der Waals surface area contributed by atoms with Gasteiger partial charge in [0, 0.05) is 24.6 Å². The highest BCUT2D eigenvalue weighted by Crippen LogP contribution is 2.27.